The van der Waals surface area contributed by atoms with Crippen molar-refractivity contribution in [3.05, 3.63) is 36.7 Å². The molecule has 1 aliphatic heterocycles. The van der Waals surface area contributed by atoms with Gasteiger partial charge >= 0.3 is 0 Å². The van der Waals surface area contributed by atoms with Crippen molar-refractivity contribution in [3.8, 4) is 5.75 Å². The molecule has 1 fully saturated rings. The molecule has 0 aromatic carbocycles. The molecule has 0 atom stereocenters. The smallest absolute Gasteiger partial charge is 0.174 e. The summed E-state index contributed by atoms with van der Waals surface area (Å²) in [4.78, 5) is 11.0. The van der Waals surface area contributed by atoms with E-state index in [1.165, 1.54) is 0 Å². The van der Waals surface area contributed by atoms with E-state index in [9.17, 15) is 0 Å². The second-order valence-corrected chi connectivity index (χ2v) is 4.68. The fourth-order valence-corrected chi connectivity index (χ4v) is 2.24. The summed E-state index contributed by atoms with van der Waals surface area (Å²) >= 11 is 0. The number of anilines is 3. The van der Waals surface area contributed by atoms with Crippen molar-refractivity contribution < 1.29 is 9.47 Å². The number of hydrogen-bond acceptors (Lipinski definition) is 6. The van der Waals surface area contributed by atoms with Gasteiger partial charge in [-0.15, -0.1) is 0 Å². The number of methoxy groups -OCH3 is 1. The van der Waals surface area contributed by atoms with Gasteiger partial charge in [-0.2, -0.15) is 0 Å². The lowest BCUT2D eigenvalue weighted by Crippen LogP contribution is -2.36. The molecular weight excluding hydrogens is 268 g/mol. The molecule has 6 heteroatoms. The van der Waals surface area contributed by atoms with E-state index >= 15 is 0 Å². The molecule has 110 valence electrons. The predicted molar refractivity (Wildman–Crippen MR) is 81.3 cm³/mol. The minimum Gasteiger partial charge on any atom is -0.493 e. The van der Waals surface area contributed by atoms with Gasteiger partial charge in [0, 0.05) is 19.3 Å². The quantitative estimate of drug-likeness (QED) is 0.928. The van der Waals surface area contributed by atoms with Crippen LogP contribution < -0.4 is 15.0 Å². The monoisotopic (exact) mass is 286 g/mol. The van der Waals surface area contributed by atoms with E-state index in [0.29, 0.717) is 11.6 Å². The maximum absolute atomic E-state index is 5.35. The number of ether oxygens (including phenoxy) is 2. The van der Waals surface area contributed by atoms with Crippen LogP contribution in [0.3, 0.4) is 0 Å². The topological polar surface area (TPSA) is 59.5 Å². The predicted octanol–water partition coefficient (Wildman–Crippen LogP) is 2.07. The van der Waals surface area contributed by atoms with Crippen molar-refractivity contribution in [2.75, 3.05) is 43.6 Å². The van der Waals surface area contributed by atoms with Crippen LogP contribution in [0.25, 0.3) is 0 Å². The number of aromatic nitrogens is 2. The van der Waals surface area contributed by atoms with Crippen LogP contribution in [-0.4, -0.2) is 43.4 Å². The molecule has 3 rings (SSSR count). The maximum atomic E-state index is 5.35. The van der Waals surface area contributed by atoms with Gasteiger partial charge in [-0.05, 0) is 24.3 Å². The van der Waals surface area contributed by atoms with Crippen molar-refractivity contribution in [3.63, 3.8) is 0 Å². The molecule has 6 nitrogen and oxygen atoms in total. The van der Waals surface area contributed by atoms with Gasteiger partial charge in [0.15, 0.2) is 11.6 Å². The van der Waals surface area contributed by atoms with E-state index in [0.717, 1.165) is 37.8 Å². The number of rotatable bonds is 4. The highest BCUT2D eigenvalue weighted by Gasteiger charge is 2.11. The van der Waals surface area contributed by atoms with Gasteiger partial charge in [0.05, 0.1) is 32.2 Å². The first kappa shape index (κ1) is 13.6. The third-order valence-electron chi connectivity index (χ3n) is 3.36. The lowest BCUT2D eigenvalue weighted by atomic mass is 10.3. The Balaban J connectivity index is 1.72. The fourth-order valence-electron chi connectivity index (χ4n) is 2.24. The Morgan fingerprint density at radius 1 is 1.19 bits per heavy atom. The third-order valence-corrected chi connectivity index (χ3v) is 3.36. The highest BCUT2D eigenvalue weighted by molar-refractivity contribution is 5.60. The SMILES string of the molecule is COc1cccnc1Nc1ccc(N2CCOCC2)cn1. The van der Waals surface area contributed by atoms with Crippen molar-refractivity contribution in [1.29, 1.82) is 0 Å². The molecule has 2 aromatic heterocycles. The fraction of sp³-hybridized carbons (Fsp3) is 0.333. The van der Waals surface area contributed by atoms with Crippen molar-refractivity contribution in [1.82, 2.24) is 9.97 Å². The second-order valence-electron chi connectivity index (χ2n) is 4.68. The van der Waals surface area contributed by atoms with E-state index in [1.807, 2.05) is 24.4 Å². The molecule has 3 heterocycles. The Morgan fingerprint density at radius 3 is 2.76 bits per heavy atom. The largest absolute Gasteiger partial charge is 0.493 e. The maximum Gasteiger partial charge on any atom is 0.174 e. The number of nitrogens with one attached hydrogen (secondary N) is 1. The summed E-state index contributed by atoms with van der Waals surface area (Å²) in [7, 11) is 1.62. The summed E-state index contributed by atoms with van der Waals surface area (Å²) in [5.74, 6) is 2.09. The van der Waals surface area contributed by atoms with Crippen LogP contribution in [0.1, 0.15) is 0 Å². The first-order valence-electron chi connectivity index (χ1n) is 6.91. The third kappa shape index (κ3) is 3.22. The van der Waals surface area contributed by atoms with E-state index in [1.54, 1.807) is 13.3 Å². The Hall–Kier alpha value is -2.34. The molecule has 0 spiro atoms. The Labute approximate surface area is 123 Å². The zero-order chi connectivity index (χ0) is 14.5. The van der Waals surface area contributed by atoms with Crippen LogP contribution in [0.2, 0.25) is 0 Å². The molecule has 1 aliphatic rings. The summed E-state index contributed by atoms with van der Waals surface area (Å²) in [5.41, 5.74) is 1.11. The second kappa shape index (κ2) is 6.41. The molecular formula is C15H18N4O2. The average Bonchev–Trinajstić information content (AvgIpc) is 2.57. The van der Waals surface area contributed by atoms with Crippen molar-refractivity contribution in [2.24, 2.45) is 0 Å². The normalized spacial score (nSPS) is 14.8. The molecule has 0 amide bonds. The lowest BCUT2D eigenvalue weighted by molar-refractivity contribution is 0.122. The minimum atomic E-state index is 0.659. The molecule has 1 N–H and O–H groups in total. The highest BCUT2D eigenvalue weighted by Crippen LogP contribution is 2.24. The summed E-state index contributed by atoms with van der Waals surface area (Å²) in [6.45, 7) is 3.35. The average molecular weight is 286 g/mol. The lowest BCUT2D eigenvalue weighted by Gasteiger charge is -2.28. The van der Waals surface area contributed by atoms with Crippen LogP contribution in [0, 0.1) is 0 Å². The number of pyridine rings is 2. The standard InChI is InChI=1S/C15H18N4O2/c1-20-13-3-2-6-16-15(13)18-14-5-4-12(11-17-14)19-7-9-21-10-8-19/h2-6,11H,7-10H2,1H3,(H,16,17,18). The van der Waals surface area contributed by atoms with Gasteiger partial charge in [0.1, 0.15) is 5.82 Å². The molecule has 0 unspecified atom stereocenters. The summed E-state index contributed by atoms with van der Waals surface area (Å²) in [5, 5.41) is 3.16. The van der Waals surface area contributed by atoms with E-state index in [2.05, 4.69) is 26.3 Å². The zero-order valence-electron chi connectivity index (χ0n) is 12.0. The van der Waals surface area contributed by atoms with Gasteiger partial charge in [-0.25, -0.2) is 9.97 Å². The first-order valence-corrected chi connectivity index (χ1v) is 6.91. The Morgan fingerprint density at radius 2 is 2.05 bits per heavy atom. The number of nitrogens with zero attached hydrogens (tertiary/aromatic N) is 3. The van der Waals surface area contributed by atoms with E-state index in [4.69, 9.17) is 9.47 Å². The van der Waals surface area contributed by atoms with E-state index < -0.39 is 0 Å². The van der Waals surface area contributed by atoms with Crippen LogP contribution in [0.4, 0.5) is 17.3 Å². The molecule has 0 aliphatic carbocycles. The minimum absolute atomic E-state index is 0.659. The van der Waals surface area contributed by atoms with Gasteiger partial charge < -0.3 is 19.7 Å². The van der Waals surface area contributed by atoms with Gasteiger partial charge in [0.25, 0.3) is 0 Å². The Kier molecular flexibility index (Phi) is 4.16. The molecule has 1 saturated heterocycles. The number of morpholine rings is 1. The van der Waals surface area contributed by atoms with Crippen molar-refractivity contribution >= 4 is 17.3 Å². The molecule has 0 saturated carbocycles. The summed E-state index contributed by atoms with van der Waals surface area (Å²) in [6.07, 6.45) is 3.58. The molecule has 2 aromatic rings. The molecule has 0 radical (unpaired) electrons. The van der Waals surface area contributed by atoms with Crippen LogP contribution in [0.5, 0.6) is 5.75 Å². The summed E-state index contributed by atoms with van der Waals surface area (Å²) in [6, 6.07) is 7.69. The number of hydrogen-bond donors (Lipinski definition) is 1. The first-order chi connectivity index (χ1) is 10.4. The van der Waals surface area contributed by atoms with Crippen LogP contribution in [-0.2, 0) is 4.74 Å². The van der Waals surface area contributed by atoms with Crippen molar-refractivity contribution in [2.45, 2.75) is 0 Å². The summed E-state index contributed by atoms with van der Waals surface area (Å²) < 4.78 is 10.6. The van der Waals surface area contributed by atoms with E-state index in [-0.39, 0.29) is 0 Å². The highest BCUT2D eigenvalue weighted by atomic mass is 16.5. The van der Waals surface area contributed by atoms with Crippen LogP contribution >= 0.6 is 0 Å². The molecule has 0 bridgehead atoms. The zero-order valence-corrected chi connectivity index (χ0v) is 12.0. The Bertz CT molecular complexity index is 582. The molecule has 21 heavy (non-hydrogen) atoms. The van der Waals surface area contributed by atoms with Gasteiger partial charge in [-0.3, -0.25) is 0 Å². The van der Waals surface area contributed by atoms with Gasteiger partial charge in [-0.1, -0.05) is 0 Å². The van der Waals surface area contributed by atoms with Crippen LogP contribution in [0.15, 0.2) is 36.7 Å². The van der Waals surface area contributed by atoms with Gasteiger partial charge in [0.2, 0.25) is 0 Å².